The van der Waals surface area contributed by atoms with Gasteiger partial charge in [-0.3, -0.25) is 0 Å². The third kappa shape index (κ3) is 2.74. The Balaban J connectivity index is 1.60. The van der Waals surface area contributed by atoms with Gasteiger partial charge in [0.2, 0.25) is 0 Å². The molecule has 0 spiro atoms. The molecule has 0 aliphatic heterocycles. The van der Waals surface area contributed by atoms with Gasteiger partial charge in [0.15, 0.2) is 0 Å². The average Bonchev–Trinajstić information content (AvgIpc) is 3.28. The third-order valence-corrected chi connectivity index (χ3v) is 6.97. The highest BCUT2D eigenvalue weighted by atomic mass is 16.5. The predicted octanol–water partition coefficient (Wildman–Crippen LogP) is 5.35. The molecule has 29 heavy (non-hydrogen) atoms. The van der Waals surface area contributed by atoms with E-state index in [1.807, 2.05) is 12.1 Å². The Labute approximate surface area is 173 Å². The molecule has 0 heterocycles. The van der Waals surface area contributed by atoms with Crippen LogP contribution in [-0.4, -0.2) is 18.8 Å². The summed E-state index contributed by atoms with van der Waals surface area (Å²) in [4.78, 5) is 0. The van der Waals surface area contributed by atoms with Gasteiger partial charge in [0.1, 0.15) is 5.75 Å². The second-order valence-corrected chi connectivity index (χ2v) is 9.62. The maximum absolute atomic E-state index is 9.15. The number of nitrogens with zero attached hydrogens (tertiary/aromatic N) is 1. The second-order valence-electron chi connectivity index (χ2n) is 9.62. The lowest BCUT2D eigenvalue weighted by molar-refractivity contribution is -0.0818. The molecule has 148 valence electrons. The predicted molar refractivity (Wildman–Crippen MR) is 114 cm³/mol. The summed E-state index contributed by atoms with van der Waals surface area (Å²) in [6.07, 6.45) is 3.92. The Bertz CT molecular complexity index is 1010. The molecule has 0 amide bonds. The van der Waals surface area contributed by atoms with Crippen LogP contribution in [0.1, 0.15) is 43.9 Å². The quantitative estimate of drug-likeness (QED) is 0.712. The van der Waals surface area contributed by atoms with Crippen molar-refractivity contribution < 1.29 is 9.47 Å². The van der Waals surface area contributed by atoms with E-state index in [2.05, 4.69) is 69.3 Å². The Hall–Kier alpha value is -2.57. The van der Waals surface area contributed by atoms with E-state index in [1.54, 1.807) is 7.11 Å². The topological polar surface area (TPSA) is 42.2 Å². The number of ether oxygens (including phenoxy) is 2. The first-order chi connectivity index (χ1) is 13.9. The van der Waals surface area contributed by atoms with E-state index in [4.69, 9.17) is 14.7 Å². The summed E-state index contributed by atoms with van der Waals surface area (Å²) in [5.74, 6) is 2.51. The molecule has 0 aromatic heterocycles. The van der Waals surface area contributed by atoms with Gasteiger partial charge in [0.05, 0.1) is 30.4 Å². The van der Waals surface area contributed by atoms with Gasteiger partial charge in [-0.25, -0.2) is 0 Å². The fourth-order valence-electron chi connectivity index (χ4n) is 5.85. The summed E-state index contributed by atoms with van der Waals surface area (Å²) in [6.45, 7) is 6.46. The zero-order valence-electron chi connectivity index (χ0n) is 17.5. The van der Waals surface area contributed by atoms with E-state index in [9.17, 15) is 0 Å². The largest absolute Gasteiger partial charge is 0.497 e. The lowest BCUT2D eigenvalue weighted by atomic mass is 9.71. The Kier molecular flexibility index (Phi) is 3.95. The molecule has 5 unspecified atom stereocenters. The molecule has 4 bridgehead atoms. The van der Waals surface area contributed by atoms with Gasteiger partial charge in [0, 0.05) is 17.3 Å². The zero-order valence-corrected chi connectivity index (χ0v) is 17.5. The van der Waals surface area contributed by atoms with Crippen LogP contribution in [0.3, 0.4) is 0 Å². The van der Waals surface area contributed by atoms with Gasteiger partial charge >= 0.3 is 0 Å². The molecular formula is C26H27NO2. The normalized spacial score (nSPS) is 31.8. The van der Waals surface area contributed by atoms with Crippen LogP contribution in [0.5, 0.6) is 5.75 Å². The van der Waals surface area contributed by atoms with Crippen LogP contribution < -0.4 is 4.74 Å². The zero-order chi connectivity index (χ0) is 20.4. The molecule has 0 N–H and O–H groups in total. The number of hydrogen-bond acceptors (Lipinski definition) is 3. The lowest BCUT2D eigenvalue weighted by Gasteiger charge is -2.40. The molecule has 2 aromatic carbocycles. The van der Waals surface area contributed by atoms with Gasteiger partial charge in [-0.15, -0.1) is 0 Å². The molecule has 6 rings (SSSR count). The molecule has 4 aliphatic rings. The smallest absolute Gasteiger partial charge is 0.118 e. The van der Waals surface area contributed by atoms with Crippen LogP contribution in [0.15, 0.2) is 54.6 Å². The first-order valence-electron chi connectivity index (χ1n) is 10.4. The van der Waals surface area contributed by atoms with Crippen molar-refractivity contribution in [1.82, 2.24) is 0 Å². The summed E-state index contributed by atoms with van der Waals surface area (Å²) in [5, 5.41) is 9.15. The summed E-state index contributed by atoms with van der Waals surface area (Å²) in [6, 6.07) is 18.8. The number of allylic oxidation sites excluding steroid dienone is 1. The second kappa shape index (κ2) is 6.21. The lowest BCUT2D eigenvalue weighted by Crippen LogP contribution is -2.39. The van der Waals surface area contributed by atoms with E-state index < -0.39 is 0 Å². The van der Waals surface area contributed by atoms with Gasteiger partial charge < -0.3 is 9.47 Å². The molecular weight excluding hydrogens is 358 g/mol. The minimum Gasteiger partial charge on any atom is -0.497 e. The van der Waals surface area contributed by atoms with Crippen LogP contribution in [-0.2, 0) is 10.2 Å². The van der Waals surface area contributed by atoms with Crippen molar-refractivity contribution in [2.45, 2.75) is 44.3 Å². The van der Waals surface area contributed by atoms with E-state index in [1.165, 1.54) is 23.1 Å². The molecule has 3 heteroatoms. The first-order valence-corrected chi connectivity index (χ1v) is 10.4. The van der Waals surface area contributed by atoms with E-state index in [0.29, 0.717) is 23.3 Å². The maximum Gasteiger partial charge on any atom is 0.118 e. The van der Waals surface area contributed by atoms with Crippen molar-refractivity contribution in [2.24, 2.45) is 17.8 Å². The van der Waals surface area contributed by atoms with Crippen molar-refractivity contribution in [2.75, 3.05) is 7.11 Å². The fraction of sp³-hybridized carbons (Fsp3) is 0.423. The first kappa shape index (κ1) is 18.5. The molecule has 2 aromatic rings. The maximum atomic E-state index is 9.15. The van der Waals surface area contributed by atoms with E-state index in [-0.39, 0.29) is 17.1 Å². The number of hydrogen-bond donors (Lipinski definition) is 0. The van der Waals surface area contributed by atoms with Crippen LogP contribution >= 0.6 is 0 Å². The molecule has 2 fully saturated rings. The average molecular weight is 386 g/mol. The van der Waals surface area contributed by atoms with E-state index >= 15 is 0 Å². The number of methoxy groups -OCH3 is 1. The minimum atomic E-state index is -0.167. The van der Waals surface area contributed by atoms with Gasteiger partial charge in [-0.1, -0.05) is 30.3 Å². The Morgan fingerprint density at radius 3 is 2.31 bits per heavy atom. The highest BCUT2D eigenvalue weighted by Gasteiger charge is 2.75. The van der Waals surface area contributed by atoms with Crippen molar-refractivity contribution in [3.63, 3.8) is 0 Å². The van der Waals surface area contributed by atoms with Crippen molar-refractivity contribution in [1.29, 1.82) is 5.26 Å². The SMILES string of the molecule is COc1ccc(C23C=C(c4ccc(C#N)cc4)C4CC2C3C4OC(C)(C)C)cc1. The fourth-order valence-corrected chi connectivity index (χ4v) is 5.85. The Morgan fingerprint density at radius 1 is 1.03 bits per heavy atom. The third-order valence-electron chi connectivity index (χ3n) is 6.97. The van der Waals surface area contributed by atoms with Crippen molar-refractivity contribution in [3.05, 3.63) is 71.3 Å². The number of rotatable bonds is 4. The van der Waals surface area contributed by atoms with Gasteiger partial charge in [0.25, 0.3) is 0 Å². The van der Waals surface area contributed by atoms with Gasteiger partial charge in [-0.05, 0) is 74.1 Å². The Morgan fingerprint density at radius 2 is 1.72 bits per heavy atom. The molecule has 4 aliphatic carbocycles. The van der Waals surface area contributed by atoms with Gasteiger partial charge in [-0.2, -0.15) is 5.26 Å². The number of nitriles is 1. The molecule has 2 saturated carbocycles. The van der Waals surface area contributed by atoms with Crippen molar-refractivity contribution in [3.8, 4) is 11.8 Å². The van der Waals surface area contributed by atoms with Crippen LogP contribution in [0.25, 0.3) is 5.57 Å². The van der Waals surface area contributed by atoms with Crippen LogP contribution in [0.2, 0.25) is 0 Å². The standard InChI is InChI=1S/C26H27NO2/c1-25(2,3)29-24-20-13-22-23(24)26(22,18-9-11-19(28-4)12-10-18)14-21(20)17-7-5-16(15-27)6-8-17/h5-12,14,20,22-24H,13H2,1-4H3. The summed E-state index contributed by atoms with van der Waals surface area (Å²) < 4.78 is 12.0. The highest BCUT2D eigenvalue weighted by molar-refractivity contribution is 5.76. The summed E-state index contributed by atoms with van der Waals surface area (Å²) in [5.41, 5.74) is 4.55. The van der Waals surface area contributed by atoms with E-state index in [0.717, 1.165) is 5.75 Å². The highest BCUT2D eigenvalue weighted by Crippen LogP contribution is 2.76. The number of benzene rings is 2. The van der Waals surface area contributed by atoms with Crippen LogP contribution in [0.4, 0.5) is 0 Å². The summed E-state index contributed by atoms with van der Waals surface area (Å²) >= 11 is 0. The molecule has 3 nitrogen and oxygen atoms in total. The minimum absolute atomic E-state index is 0.0557. The molecule has 0 radical (unpaired) electrons. The molecule has 0 saturated heterocycles. The molecule has 5 atom stereocenters. The van der Waals surface area contributed by atoms with Crippen LogP contribution in [0, 0.1) is 29.1 Å². The monoisotopic (exact) mass is 385 g/mol. The summed E-state index contributed by atoms with van der Waals surface area (Å²) in [7, 11) is 1.71. The van der Waals surface area contributed by atoms with Crippen molar-refractivity contribution >= 4 is 5.57 Å².